The van der Waals surface area contributed by atoms with E-state index in [0.29, 0.717) is 13.1 Å². The quantitative estimate of drug-likeness (QED) is 0.671. The van der Waals surface area contributed by atoms with Crippen LogP contribution in [0, 0.1) is 5.82 Å². The minimum absolute atomic E-state index is 0.00306. The summed E-state index contributed by atoms with van der Waals surface area (Å²) in [6.07, 6.45) is 0. The van der Waals surface area contributed by atoms with Gasteiger partial charge in [0.15, 0.2) is 0 Å². The number of halogens is 1. The lowest BCUT2D eigenvalue weighted by Crippen LogP contribution is -2.29. The van der Waals surface area contributed by atoms with Crippen molar-refractivity contribution >= 4 is 21.6 Å². The van der Waals surface area contributed by atoms with E-state index in [1.807, 2.05) is 0 Å². The lowest BCUT2D eigenvalue weighted by Gasteiger charge is -2.15. The molecule has 1 fully saturated rings. The summed E-state index contributed by atoms with van der Waals surface area (Å²) in [6, 6.07) is 3.93. The zero-order valence-electron chi connectivity index (χ0n) is 7.77. The van der Waals surface area contributed by atoms with Crippen molar-refractivity contribution in [2.75, 3.05) is 23.1 Å². The lowest BCUT2D eigenvalue weighted by atomic mass is 10.2. The first-order valence-electron chi connectivity index (χ1n) is 4.33. The fraction of sp³-hybridized carbons (Fsp3) is 0.250. The monoisotopic (exact) mass is 231 g/mol. The Kier molecular flexibility index (Phi) is 2.28. The van der Waals surface area contributed by atoms with Crippen LogP contribution < -0.4 is 14.8 Å². The average Bonchev–Trinajstić information content (AvgIpc) is 2.50. The Balaban J connectivity index is 2.42. The van der Waals surface area contributed by atoms with E-state index >= 15 is 0 Å². The van der Waals surface area contributed by atoms with E-state index in [9.17, 15) is 12.8 Å². The first-order valence-corrected chi connectivity index (χ1v) is 5.77. The second kappa shape index (κ2) is 3.35. The molecule has 15 heavy (non-hydrogen) atoms. The van der Waals surface area contributed by atoms with Crippen LogP contribution in [0.1, 0.15) is 0 Å². The van der Waals surface area contributed by atoms with Crippen LogP contribution in [0.3, 0.4) is 0 Å². The molecule has 82 valence electrons. The molecule has 0 aromatic heterocycles. The molecule has 0 spiro atoms. The van der Waals surface area contributed by atoms with E-state index in [-0.39, 0.29) is 11.4 Å². The molecule has 7 heteroatoms. The van der Waals surface area contributed by atoms with Crippen LogP contribution in [0.15, 0.2) is 18.2 Å². The second-order valence-corrected chi connectivity index (χ2v) is 4.86. The molecule has 1 aliphatic heterocycles. The van der Waals surface area contributed by atoms with Crippen molar-refractivity contribution in [3.05, 3.63) is 24.0 Å². The number of rotatable bonds is 1. The first-order chi connectivity index (χ1) is 7.00. The number of hydrogen-bond acceptors (Lipinski definition) is 3. The highest BCUT2D eigenvalue weighted by Gasteiger charge is 2.28. The summed E-state index contributed by atoms with van der Waals surface area (Å²) >= 11 is 0. The molecule has 0 unspecified atom stereocenters. The van der Waals surface area contributed by atoms with Gasteiger partial charge in [0.25, 0.3) is 0 Å². The number of nitrogens with two attached hydrogens (primary N) is 1. The Morgan fingerprint density at radius 2 is 2.20 bits per heavy atom. The van der Waals surface area contributed by atoms with E-state index in [4.69, 9.17) is 5.73 Å². The van der Waals surface area contributed by atoms with Gasteiger partial charge in [-0.05, 0) is 12.1 Å². The minimum atomic E-state index is -3.49. The smallest absolute Gasteiger partial charge is 0.301 e. The number of hydrogen-bond donors (Lipinski definition) is 2. The number of nitrogens with one attached hydrogen (secondary N) is 1. The molecule has 0 aliphatic carbocycles. The molecule has 0 amide bonds. The Morgan fingerprint density at radius 1 is 1.47 bits per heavy atom. The molecule has 1 saturated heterocycles. The zero-order chi connectivity index (χ0) is 11.1. The summed E-state index contributed by atoms with van der Waals surface area (Å²) in [5.74, 6) is -0.616. The summed E-state index contributed by atoms with van der Waals surface area (Å²) in [5.41, 5.74) is 5.58. The van der Waals surface area contributed by atoms with Gasteiger partial charge in [0, 0.05) is 19.2 Å². The Labute approximate surface area is 86.9 Å². The molecule has 2 rings (SSSR count). The molecule has 5 nitrogen and oxygen atoms in total. The molecule has 0 radical (unpaired) electrons. The third-order valence-corrected chi connectivity index (χ3v) is 3.70. The summed E-state index contributed by atoms with van der Waals surface area (Å²) < 4.78 is 39.4. The highest BCUT2D eigenvalue weighted by atomic mass is 32.2. The van der Waals surface area contributed by atoms with Gasteiger partial charge in [-0.1, -0.05) is 0 Å². The van der Waals surface area contributed by atoms with Crippen molar-refractivity contribution in [1.29, 1.82) is 0 Å². The van der Waals surface area contributed by atoms with Gasteiger partial charge >= 0.3 is 10.2 Å². The predicted molar refractivity (Wildman–Crippen MR) is 55.1 cm³/mol. The molecular weight excluding hydrogens is 221 g/mol. The van der Waals surface area contributed by atoms with Crippen molar-refractivity contribution in [3.8, 4) is 0 Å². The van der Waals surface area contributed by atoms with Crippen molar-refractivity contribution < 1.29 is 12.8 Å². The summed E-state index contributed by atoms with van der Waals surface area (Å²) in [5, 5.41) is 0. The lowest BCUT2D eigenvalue weighted by molar-refractivity contribution is 0.591. The second-order valence-electron chi connectivity index (χ2n) is 3.18. The van der Waals surface area contributed by atoms with E-state index in [1.54, 1.807) is 0 Å². The summed E-state index contributed by atoms with van der Waals surface area (Å²) in [7, 11) is -3.49. The first kappa shape index (κ1) is 10.2. The standard InChI is InChI=1S/C8H10FN3O2S/c9-7-5-6(1-2-8(7)10)12-4-3-11-15(12,13)14/h1-2,5,11H,3-4,10H2. The number of benzene rings is 1. The fourth-order valence-corrected chi connectivity index (χ4v) is 2.64. The fourth-order valence-electron chi connectivity index (χ4n) is 1.41. The van der Waals surface area contributed by atoms with E-state index in [0.717, 1.165) is 10.4 Å². The third kappa shape index (κ3) is 1.75. The normalized spacial score (nSPS) is 19.4. The third-order valence-electron chi connectivity index (χ3n) is 2.16. The maximum Gasteiger partial charge on any atom is 0.301 e. The molecule has 1 heterocycles. The maximum absolute atomic E-state index is 13.1. The SMILES string of the molecule is Nc1ccc(N2CCNS2(=O)=O)cc1F. The van der Waals surface area contributed by atoms with Crippen LogP contribution in [0.5, 0.6) is 0 Å². The van der Waals surface area contributed by atoms with E-state index in [2.05, 4.69) is 4.72 Å². The average molecular weight is 231 g/mol. The minimum Gasteiger partial charge on any atom is -0.396 e. The molecule has 0 atom stereocenters. The molecule has 0 saturated carbocycles. The summed E-state index contributed by atoms with van der Waals surface area (Å²) in [4.78, 5) is 0. The van der Waals surface area contributed by atoms with Crippen molar-refractivity contribution in [1.82, 2.24) is 4.72 Å². The van der Waals surface area contributed by atoms with Gasteiger partial charge in [-0.2, -0.15) is 13.1 Å². The van der Waals surface area contributed by atoms with Gasteiger partial charge in [-0.15, -0.1) is 0 Å². The highest BCUT2D eigenvalue weighted by molar-refractivity contribution is 7.91. The number of nitrogen functional groups attached to an aromatic ring is 1. The van der Waals surface area contributed by atoms with Gasteiger partial charge in [0.1, 0.15) is 5.82 Å². The van der Waals surface area contributed by atoms with Crippen LogP contribution in [0.4, 0.5) is 15.8 Å². The van der Waals surface area contributed by atoms with E-state index < -0.39 is 16.0 Å². The van der Waals surface area contributed by atoms with Crippen molar-refractivity contribution in [3.63, 3.8) is 0 Å². The van der Waals surface area contributed by atoms with Gasteiger partial charge < -0.3 is 5.73 Å². The van der Waals surface area contributed by atoms with Crippen molar-refractivity contribution in [2.45, 2.75) is 0 Å². The Hall–Kier alpha value is -1.34. The molecule has 1 aromatic rings. The predicted octanol–water partition coefficient (Wildman–Crippen LogP) is 0.0623. The molecule has 3 N–H and O–H groups in total. The van der Waals surface area contributed by atoms with Gasteiger partial charge in [-0.3, -0.25) is 4.31 Å². The number of nitrogens with zero attached hydrogens (tertiary/aromatic N) is 1. The van der Waals surface area contributed by atoms with Gasteiger partial charge in [0.05, 0.1) is 11.4 Å². The topological polar surface area (TPSA) is 75.4 Å². The van der Waals surface area contributed by atoms with Gasteiger partial charge in [0.2, 0.25) is 0 Å². The molecule has 1 aliphatic rings. The molecular formula is C8H10FN3O2S. The highest BCUT2D eigenvalue weighted by Crippen LogP contribution is 2.23. The number of anilines is 2. The Morgan fingerprint density at radius 3 is 2.73 bits per heavy atom. The van der Waals surface area contributed by atoms with E-state index in [1.165, 1.54) is 12.1 Å². The van der Waals surface area contributed by atoms with Gasteiger partial charge in [-0.25, -0.2) is 4.39 Å². The maximum atomic E-state index is 13.1. The van der Waals surface area contributed by atoms with Crippen LogP contribution in [-0.4, -0.2) is 21.5 Å². The molecule has 0 bridgehead atoms. The van der Waals surface area contributed by atoms with Crippen LogP contribution in [-0.2, 0) is 10.2 Å². The van der Waals surface area contributed by atoms with Crippen LogP contribution >= 0.6 is 0 Å². The van der Waals surface area contributed by atoms with Crippen LogP contribution in [0.25, 0.3) is 0 Å². The largest absolute Gasteiger partial charge is 0.396 e. The van der Waals surface area contributed by atoms with Crippen molar-refractivity contribution in [2.24, 2.45) is 0 Å². The zero-order valence-corrected chi connectivity index (χ0v) is 8.59. The summed E-state index contributed by atoms with van der Waals surface area (Å²) in [6.45, 7) is 0.625. The van der Waals surface area contributed by atoms with Crippen LogP contribution in [0.2, 0.25) is 0 Å². The molecule has 1 aromatic carbocycles. The Bertz CT molecular complexity index is 489.